The van der Waals surface area contributed by atoms with Crippen LogP contribution in [0.5, 0.6) is 0 Å². The van der Waals surface area contributed by atoms with Crippen molar-refractivity contribution in [3.63, 3.8) is 0 Å². The van der Waals surface area contributed by atoms with E-state index >= 15 is 0 Å². The van der Waals surface area contributed by atoms with Crippen molar-refractivity contribution < 1.29 is 26.6 Å². The lowest BCUT2D eigenvalue weighted by Crippen LogP contribution is -2.51. The Morgan fingerprint density at radius 1 is 1.43 bits per heavy atom. The highest BCUT2D eigenvalue weighted by Gasteiger charge is 2.42. The Balaban J connectivity index is 1.99. The molecule has 0 saturated carbocycles. The second-order valence-corrected chi connectivity index (χ2v) is 10.2. The van der Waals surface area contributed by atoms with Crippen LogP contribution in [0.2, 0.25) is 0 Å². The standard InChI is InChI=1S/C20H20F4N8O2S/c1-11-6-12(7-25)8-27-15(11)17(33)30-14-5-4-13(21)16(29-14)19(2)10-35(34,28-9-20(22,23)24)32(3)18(26)31-19/h4-6,8H,9-10H2,1-3H3,(H2,26,31)(H,29,30,33)/t19-,35+/m0/s1. The molecule has 2 aromatic heterocycles. The summed E-state index contributed by atoms with van der Waals surface area (Å²) < 4.78 is 70.4. The number of halogens is 4. The molecule has 1 amide bonds. The van der Waals surface area contributed by atoms with Gasteiger partial charge in [-0.2, -0.15) is 18.4 Å². The zero-order chi connectivity index (χ0) is 26.2. The van der Waals surface area contributed by atoms with Gasteiger partial charge in [-0.1, -0.05) is 0 Å². The molecule has 0 unspecified atom stereocenters. The highest BCUT2D eigenvalue weighted by molar-refractivity contribution is 7.92. The molecule has 0 aromatic carbocycles. The molecule has 0 bridgehead atoms. The largest absolute Gasteiger partial charge is 0.408 e. The van der Waals surface area contributed by atoms with Crippen molar-refractivity contribution in [1.82, 2.24) is 14.3 Å². The van der Waals surface area contributed by atoms with E-state index in [-0.39, 0.29) is 17.1 Å². The number of carbonyl (C=O) groups excluding carboxylic acids is 1. The summed E-state index contributed by atoms with van der Waals surface area (Å²) in [6, 6.07) is 5.49. The number of nitrogens with zero attached hydrogens (tertiary/aromatic N) is 6. The van der Waals surface area contributed by atoms with Crippen LogP contribution in [0.25, 0.3) is 0 Å². The van der Waals surface area contributed by atoms with Crippen LogP contribution in [0.1, 0.15) is 34.2 Å². The Hall–Kier alpha value is -3.80. The van der Waals surface area contributed by atoms with Gasteiger partial charge in [-0.25, -0.2) is 27.9 Å². The third-order valence-electron chi connectivity index (χ3n) is 5.05. The molecule has 35 heavy (non-hydrogen) atoms. The lowest BCUT2D eigenvalue weighted by molar-refractivity contribution is -0.117. The first-order chi connectivity index (χ1) is 16.2. The van der Waals surface area contributed by atoms with Gasteiger partial charge in [0.05, 0.1) is 11.3 Å². The molecule has 0 radical (unpaired) electrons. The van der Waals surface area contributed by atoms with Crippen molar-refractivity contribution in [3.05, 3.63) is 52.7 Å². The van der Waals surface area contributed by atoms with Crippen LogP contribution in [0.3, 0.4) is 0 Å². The number of hydrogen-bond acceptors (Lipinski definition) is 8. The summed E-state index contributed by atoms with van der Waals surface area (Å²) in [7, 11) is -2.59. The average Bonchev–Trinajstić information content (AvgIpc) is 2.76. The number of carbonyl (C=O) groups is 1. The number of aryl methyl sites for hydroxylation is 1. The van der Waals surface area contributed by atoms with Crippen molar-refractivity contribution in [3.8, 4) is 6.07 Å². The van der Waals surface area contributed by atoms with Crippen molar-refractivity contribution in [2.75, 3.05) is 24.7 Å². The van der Waals surface area contributed by atoms with Gasteiger partial charge in [0.25, 0.3) is 5.91 Å². The number of aliphatic imine (C=N–C) groups is 1. The van der Waals surface area contributed by atoms with Gasteiger partial charge in [0, 0.05) is 13.2 Å². The fraction of sp³-hybridized carbons (Fsp3) is 0.350. The van der Waals surface area contributed by atoms with Gasteiger partial charge in [-0.3, -0.25) is 9.10 Å². The summed E-state index contributed by atoms with van der Waals surface area (Å²) in [6.07, 6.45) is -3.50. The molecular formula is C20H20F4N8O2S. The highest BCUT2D eigenvalue weighted by Crippen LogP contribution is 2.34. The number of nitriles is 1. The summed E-state index contributed by atoms with van der Waals surface area (Å²) in [6.45, 7) is 1.19. The van der Waals surface area contributed by atoms with Crippen molar-refractivity contribution >= 4 is 27.6 Å². The van der Waals surface area contributed by atoms with E-state index in [2.05, 4.69) is 24.6 Å². The number of anilines is 1. The van der Waals surface area contributed by atoms with E-state index in [1.807, 2.05) is 6.07 Å². The third kappa shape index (κ3) is 5.48. The lowest BCUT2D eigenvalue weighted by atomic mass is 10.00. The maximum Gasteiger partial charge on any atom is 0.408 e. The summed E-state index contributed by atoms with van der Waals surface area (Å²) in [5.41, 5.74) is 4.31. The summed E-state index contributed by atoms with van der Waals surface area (Å²) in [5.74, 6) is -2.77. The number of aromatic nitrogens is 2. The van der Waals surface area contributed by atoms with Crippen LogP contribution < -0.4 is 11.1 Å². The van der Waals surface area contributed by atoms with Gasteiger partial charge < -0.3 is 11.1 Å². The molecule has 3 rings (SSSR count). The highest BCUT2D eigenvalue weighted by atomic mass is 32.2. The summed E-state index contributed by atoms with van der Waals surface area (Å²) >= 11 is 0. The number of nitrogens with two attached hydrogens (primary N) is 1. The predicted molar refractivity (Wildman–Crippen MR) is 119 cm³/mol. The maximum atomic E-state index is 14.8. The molecule has 0 spiro atoms. The zero-order valence-electron chi connectivity index (χ0n) is 18.7. The number of amides is 1. The third-order valence-corrected chi connectivity index (χ3v) is 7.56. The van der Waals surface area contributed by atoms with Gasteiger partial charge >= 0.3 is 6.18 Å². The summed E-state index contributed by atoms with van der Waals surface area (Å²) in [5, 5.41) is 11.4. The molecule has 1 aliphatic rings. The smallest absolute Gasteiger partial charge is 0.369 e. The van der Waals surface area contributed by atoms with Crippen molar-refractivity contribution in [2.45, 2.75) is 25.6 Å². The van der Waals surface area contributed by atoms with Crippen LogP contribution >= 0.6 is 0 Å². The molecule has 3 heterocycles. The first-order valence-electron chi connectivity index (χ1n) is 9.89. The minimum Gasteiger partial charge on any atom is -0.369 e. The van der Waals surface area contributed by atoms with Crippen LogP contribution in [0.15, 0.2) is 33.8 Å². The van der Waals surface area contributed by atoms with Gasteiger partial charge in [0.2, 0.25) is 5.96 Å². The molecule has 2 atom stereocenters. The fourth-order valence-electron chi connectivity index (χ4n) is 3.33. The van der Waals surface area contributed by atoms with E-state index in [0.717, 1.165) is 16.4 Å². The average molecular weight is 512 g/mol. The van der Waals surface area contributed by atoms with Gasteiger partial charge in [-0.05, 0) is 37.6 Å². The van der Waals surface area contributed by atoms with E-state index in [4.69, 9.17) is 11.0 Å². The number of alkyl halides is 3. The van der Waals surface area contributed by atoms with Crippen LogP contribution in [-0.4, -0.2) is 55.9 Å². The zero-order valence-corrected chi connectivity index (χ0v) is 19.5. The minimum atomic E-state index is -4.71. The van der Waals surface area contributed by atoms with E-state index in [1.54, 1.807) is 6.92 Å². The second kappa shape index (κ2) is 9.10. The molecule has 0 saturated heterocycles. The second-order valence-electron chi connectivity index (χ2n) is 7.88. The SMILES string of the molecule is Cc1cc(C#N)cnc1C(=O)Nc1ccc(F)c([C@]2(C)C[S@@](=O)(=NCC(F)(F)F)N(C)C(N)=N2)n1. The summed E-state index contributed by atoms with van der Waals surface area (Å²) in [4.78, 5) is 24.8. The van der Waals surface area contributed by atoms with Gasteiger partial charge in [-0.15, -0.1) is 0 Å². The molecule has 0 aliphatic carbocycles. The van der Waals surface area contributed by atoms with Crippen LogP contribution in [0, 0.1) is 24.1 Å². The van der Waals surface area contributed by atoms with Gasteiger partial charge in [0.1, 0.15) is 51.1 Å². The molecule has 1 aliphatic heterocycles. The van der Waals surface area contributed by atoms with E-state index < -0.39 is 57.3 Å². The Bertz CT molecular complexity index is 1380. The van der Waals surface area contributed by atoms with E-state index in [9.17, 15) is 26.6 Å². The van der Waals surface area contributed by atoms with Crippen LogP contribution in [-0.2, 0) is 15.5 Å². The van der Waals surface area contributed by atoms with Crippen LogP contribution in [0.4, 0.5) is 23.4 Å². The number of nitrogens with one attached hydrogen (secondary N) is 1. The molecule has 3 N–H and O–H groups in total. The predicted octanol–water partition coefficient (Wildman–Crippen LogP) is 2.47. The number of hydrogen-bond donors (Lipinski definition) is 2. The first-order valence-corrected chi connectivity index (χ1v) is 11.5. The Morgan fingerprint density at radius 2 is 2.11 bits per heavy atom. The van der Waals surface area contributed by atoms with Crippen molar-refractivity contribution in [1.29, 1.82) is 5.26 Å². The minimum absolute atomic E-state index is 0.00147. The Labute approximate surface area is 198 Å². The lowest BCUT2D eigenvalue weighted by Gasteiger charge is -2.36. The topological polar surface area (TPSA) is 150 Å². The maximum absolute atomic E-state index is 14.8. The molecule has 186 valence electrons. The van der Waals surface area contributed by atoms with Crippen molar-refractivity contribution in [2.24, 2.45) is 15.1 Å². The number of pyridine rings is 2. The molecule has 10 nitrogen and oxygen atoms in total. The first kappa shape index (κ1) is 25.8. The monoisotopic (exact) mass is 512 g/mol. The quantitative estimate of drug-likeness (QED) is 0.601. The number of rotatable bonds is 4. The fourth-order valence-corrected chi connectivity index (χ4v) is 5.40. The normalized spacial score (nSPS) is 22.2. The molecular weight excluding hydrogens is 492 g/mol. The number of guanidine groups is 1. The Morgan fingerprint density at radius 3 is 2.71 bits per heavy atom. The molecule has 2 aromatic rings. The van der Waals surface area contributed by atoms with Gasteiger partial charge in [0.15, 0.2) is 0 Å². The molecule has 15 heteroatoms. The Kier molecular flexibility index (Phi) is 6.71. The van der Waals surface area contributed by atoms with E-state index in [1.165, 1.54) is 26.2 Å². The molecule has 0 fully saturated rings. The van der Waals surface area contributed by atoms with E-state index in [0.29, 0.717) is 5.56 Å².